The van der Waals surface area contributed by atoms with Crippen LogP contribution in [0.4, 0.5) is 15.8 Å². The van der Waals surface area contributed by atoms with Gasteiger partial charge in [-0.1, -0.05) is 54.6 Å². The monoisotopic (exact) mass is 405 g/mol. The van der Waals surface area contributed by atoms with Crippen molar-refractivity contribution in [3.63, 3.8) is 0 Å². The van der Waals surface area contributed by atoms with Crippen LogP contribution in [0.2, 0.25) is 0 Å². The summed E-state index contributed by atoms with van der Waals surface area (Å²) in [5.41, 5.74) is 2.19. The van der Waals surface area contributed by atoms with Crippen molar-refractivity contribution in [2.24, 2.45) is 0 Å². The quantitative estimate of drug-likeness (QED) is 0.618. The maximum Gasteiger partial charge on any atom is 0.241 e. The topological polar surface area (TPSA) is 52.7 Å². The fraction of sp³-hybridized carbons (Fsp3) is 0.167. The van der Waals surface area contributed by atoms with Crippen molar-refractivity contribution in [2.45, 2.75) is 6.54 Å². The molecule has 1 N–H and O–H groups in total. The Kier molecular flexibility index (Phi) is 7.29. The van der Waals surface area contributed by atoms with Gasteiger partial charge in [0.15, 0.2) is 0 Å². The van der Waals surface area contributed by atoms with Gasteiger partial charge < -0.3 is 10.2 Å². The van der Waals surface area contributed by atoms with E-state index >= 15 is 0 Å². The molecule has 154 valence electrons. The molecule has 0 unspecified atom stereocenters. The third kappa shape index (κ3) is 6.25. The number of hydrogen-bond acceptors (Lipinski definition) is 3. The number of amides is 2. The highest BCUT2D eigenvalue weighted by Gasteiger charge is 2.19. The number of carbonyl (C=O) groups excluding carboxylic acids is 2. The molecule has 0 bridgehead atoms. The van der Waals surface area contributed by atoms with Crippen molar-refractivity contribution in [1.29, 1.82) is 0 Å². The summed E-state index contributed by atoms with van der Waals surface area (Å²) in [6.07, 6.45) is 0. The lowest BCUT2D eigenvalue weighted by atomic mass is 10.2. The summed E-state index contributed by atoms with van der Waals surface area (Å²) in [7, 11) is 1.70. The van der Waals surface area contributed by atoms with Gasteiger partial charge in [-0.05, 0) is 42.9 Å². The molecule has 0 atom stereocenters. The molecular formula is C24H24FN3O2. The number of carbonyl (C=O) groups is 2. The lowest BCUT2D eigenvalue weighted by Crippen LogP contribution is -2.41. The van der Waals surface area contributed by atoms with E-state index in [9.17, 15) is 14.0 Å². The van der Waals surface area contributed by atoms with Gasteiger partial charge in [0.1, 0.15) is 5.82 Å². The molecule has 0 fully saturated rings. The van der Waals surface area contributed by atoms with Crippen LogP contribution in [-0.2, 0) is 16.1 Å². The third-order valence-corrected chi connectivity index (χ3v) is 4.48. The van der Waals surface area contributed by atoms with E-state index < -0.39 is 5.82 Å². The van der Waals surface area contributed by atoms with Crippen molar-refractivity contribution in [2.75, 3.05) is 30.4 Å². The molecule has 0 heterocycles. The van der Waals surface area contributed by atoms with Crippen molar-refractivity contribution in [3.05, 3.63) is 96.3 Å². The van der Waals surface area contributed by atoms with Gasteiger partial charge >= 0.3 is 0 Å². The fourth-order valence-corrected chi connectivity index (χ4v) is 3.08. The van der Waals surface area contributed by atoms with Crippen molar-refractivity contribution in [3.8, 4) is 0 Å². The zero-order chi connectivity index (χ0) is 21.3. The van der Waals surface area contributed by atoms with Crippen LogP contribution in [-0.4, -0.2) is 36.9 Å². The first-order valence-corrected chi connectivity index (χ1v) is 9.64. The average molecular weight is 405 g/mol. The number of nitrogens with one attached hydrogen (secondary N) is 1. The molecule has 30 heavy (non-hydrogen) atoms. The number of halogens is 1. The molecule has 0 aliphatic rings. The van der Waals surface area contributed by atoms with Gasteiger partial charge in [0, 0.05) is 11.4 Å². The third-order valence-electron chi connectivity index (χ3n) is 4.48. The number of anilines is 2. The van der Waals surface area contributed by atoms with Gasteiger partial charge in [0.25, 0.3) is 0 Å². The predicted molar refractivity (Wildman–Crippen MR) is 117 cm³/mol. The number of rotatable bonds is 8. The maximum atomic E-state index is 13.3. The van der Waals surface area contributed by atoms with Gasteiger partial charge in [-0.15, -0.1) is 0 Å². The molecule has 0 spiro atoms. The van der Waals surface area contributed by atoms with E-state index in [0.29, 0.717) is 12.2 Å². The molecule has 3 rings (SSSR count). The Morgan fingerprint density at radius 2 is 1.53 bits per heavy atom. The summed E-state index contributed by atoms with van der Waals surface area (Å²) in [5.74, 6) is -0.855. The second kappa shape index (κ2) is 10.3. The van der Waals surface area contributed by atoms with E-state index in [4.69, 9.17) is 0 Å². The zero-order valence-electron chi connectivity index (χ0n) is 16.8. The summed E-state index contributed by atoms with van der Waals surface area (Å²) in [5, 5.41) is 2.64. The Morgan fingerprint density at radius 1 is 0.867 bits per heavy atom. The highest BCUT2D eigenvalue weighted by Crippen LogP contribution is 2.17. The standard InChI is InChI=1S/C24H24FN3O2/c1-27(17-23(29)26-21-12-8-11-20(25)15-21)18-24(30)28(22-13-6-3-7-14-22)16-19-9-4-2-5-10-19/h2-15H,16-18H2,1H3,(H,26,29). The summed E-state index contributed by atoms with van der Waals surface area (Å²) in [4.78, 5) is 28.6. The minimum atomic E-state index is -0.421. The average Bonchev–Trinajstić information content (AvgIpc) is 2.73. The number of para-hydroxylation sites is 1. The predicted octanol–water partition coefficient (Wildman–Crippen LogP) is 3.93. The van der Waals surface area contributed by atoms with E-state index in [1.165, 1.54) is 18.2 Å². The Morgan fingerprint density at radius 3 is 2.20 bits per heavy atom. The molecular weight excluding hydrogens is 381 g/mol. The Labute approximate surface area is 175 Å². The van der Waals surface area contributed by atoms with Gasteiger partial charge in [-0.2, -0.15) is 0 Å². The first-order valence-electron chi connectivity index (χ1n) is 9.64. The van der Waals surface area contributed by atoms with Crippen LogP contribution in [0.15, 0.2) is 84.9 Å². The van der Waals surface area contributed by atoms with Crippen LogP contribution in [0.25, 0.3) is 0 Å². The van der Waals surface area contributed by atoms with E-state index in [0.717, 1.165) is 11.3 Å². The summed E-state index contributed by atoms with van der Waals surface area (Å²) >= 11 is 0. The molecule has 6 heteroatoms. The SMILES string of the molecule is CN(CC(=O)Nc1cccc(F)c1)CC(=O)N(Cc1ccccc1)c1ccccc1. The number of likely N-dealkylation sites (N-methyl/N-ethyl adjacent to an activating group) is 1. The number of nitrogens with zero attached hydrogens (tertiary/aromatic N) is 2. The van der Waals surface area contributed by atoms with Crippen LogP contribution in [0.5, 0.6) is 0 Å². The molecule has 3 aromatic carbocycles. The van der Waals surface area contributed by atoms with Crippen molar-refractivity contribution < 1.29 is 14.0 Å². The van der Waals surface area contributed by atoms with Crippen LogP contribution < -0.4 is 10.2 Å². The van der Waals surface area contributed by atoms with Crippen molar-refractivity contribution in [1.82, 2.24) is 4.90 Å². The lowest BCUT2D eigenvalue weighted by Gasteiger charge is -2.25. The minimum absolute atomic E-state index is 0.0101. The molecule has 3 aromatic rings. The second-order valence-electron chi connectivity index (χ2n) is 7.03. The Bertz CT molecular complexity index is 980. The van der Waals surface area contributed by atoms with Crippen LogP contribution in [0.3, 0.4) is 0 Å². The van der Waals surface area contributed by atoms with E-state index in [1.807, 2.05) is 60.7 Å². The summed E-state index contributed by atoms with van der Waals surface area (Å²) < 4.78 is 13.3. The number of hydrogen-bond donors (Lipinski definition) is 1. The van der Waals surface area contributed by atoms with Gasteiger partial charge in [-0.25, -0.2) is 4.39 Å². The van der Waals surface area contributed by atoms with E-state index in [-0.39, 0.29) is 24.9 Å². The minimum Gasteiger partial charge on any atom is -0.325 e. The molecule has 0 radical (unpaired) electrons. The second-order valence-corrected chi connectivity index (χ2v) is 7.03. The van der Waals surface area contributed by atoms with Crippen LogP contribution >= 0.6 is 0 Å². The Hall–Kier alpha value is -3.51. The molecule has 0 aliphatic carbocycles. The van der Waals surface area contributed by atoms with Gasteiger partial charge in [0.05, 0.1) is 19.6 Å². The van der Waals surface area contributed by atoms with E-state index in [2.05, 4.69) is 5.32 Å². The van der Waals surface area contributed by atoms with Crippen LogP contribution in [0, 0.1) is 5.82 Å². The highest BCUT2D eigenvalue weighted by molar-refractivity contribution is 5.96. The first-order chi connectivity index (χ1) is 14.5. The summed E-state index contributed by atoms with van der Waals surface area (Å²) in [6.45, 7) is 0.515. The normalized spacial score (nSPS) is 10.6. The van der Waals surface area contributed by atoms with Gasteiger partial charge in [-0.3, -0.25) is 14.5 Å². The molecule has 0 aromatic heterocycles. The molecule has 2 amide bonds. The maximum absolute atomic E-state index is 13.3. The van der Waals surface area contributed by atoms with Crippen molar-refractivity contribution >= 4 is 23.2 Å². The van der Waals surface area contributed by atoms with Gasteiger partial charge in [0.2, 0.25) is 11.8 Å². The lowest BCUT2D eigenvalue weighted by molar-refractivity contribution is -0.121. The molecule has 0 saturated heterocycles. The highest BCUT2D eigenvalue weighted by atomic mass is 19.1. The summed E-state index contributed by atoms with van der Waals surface area (Å²) in [6, 6.07) is 24.9. The Balaban J connectivity index is 1.63. The molecule has 5 nitrogen and oxygen atoms in total. The smallest absolute Gasteiger partial charge is 0.241 e. The van der Waals surface area contributed by atoms with Crippen LogP contribution in [0.1, 0.15) is 5.56 Å². The molecule has 0 aliphatic heterocycles. The number of benzene rings is 3. The fourth-order valence-electron chi connectivity index (χ4n) is 3.08. The molecule has 0 saturated carbocycles. The first kappa shape index (κ1) is 21.2. The van der Waals surface area contributed by atoms with E-state index in [1.54, 1.807) is 22.9 Å². The largest absolute Gasteiger partial charge is 0.325 e. The zero-order valence-corrected chi connectivity index (χ0v) is 16.8.